The van der Waals surface area contributed by atoms with Crippen molar-refractivity contribution in [3.05, 3.63) is 106 Å². The van der Waals surface area contributed by atoms with Crippen molar-refractivity contribution in [2.45, 2.75) is 32.7 Å². The number of nitrogens with zero attached hydrogens (tertiary/aromatic N) is 1. The van der Waals surface area contributed by atoms with E-state index in [-0.39, 0.29) is 11.3 Å². The lowest BCUT2D eigenvalue weighted by molar-refractivity contribution is -0.114. The zero-order chi connectivity index (χ0) is 20.9. The van der Waals surface area contributed by atoms with Gasteiger partial charge in [0.15, 0.2) is 0 Å². The number of rotatable bonds is 5. The molecular weight excluding hydrogens is 422 g/mol. The van der Waals surface area contributed by atoms with E-state index in [1.54, 1.807) is 6.08 Å². The first-order valence-corrected chi connectivity index (χ1v) is 10.5. The first-order chi connectivity index (χ1) is 13.8. The van der Waals surface area contributed by atoms with Crippen LogP contribution in [0.3, 0.4) is 0 Å². The van der Waals surface area contributed by atoms with Gasteiger partial charge in [-0.05, 0) is 46.4 Å². The van der Waals surface area contributed by atoms with E-state index in [2.05, 4.69) is 54.9 Å². The monoisotopic (exact) mass is 447 g/mol. The molecule has 0 unspecified atom stereocenters. The molecule has 1 amide bonds. The zero-order valence-corrected chi connectivity index (χ0v) is 18.7. The van der Waals surface area contributed by atoms with Crippen molar-refractivity contribution in [2.24, 2.45) is 0 Å². The van der Waals surface area contributed by atoms with Crippen LogP contribution in [0.25, 0.3) is 6.08 Å². The zero-order valence-electron chi connectivity index (χ0n) is 17.1. The SMILES string of the molecule is CC(C)(C)c1ccccc1N(Cc1ccccc1)C(=O)/C=C/c1ccc(Br)cc1. The van der Waals surface area contributed by atoms with E-state index in [0.717, 1.165) is 26.9 Å². The third kappa shape index (κ3) is 5.68. The Balaban J connectivity index is 1.97. The lowest BCUT2D eigenvalue weighted by Crippen LogP contribution is -2.31. The Morgan fingerprint density at radius 2 is 1.52 bits per heavy atom. The molecule has 0 spiro atoms. The van der Waals surface area contributed by atoms with Crippen LogP contribution in [0, 0.1) is 0 Å². The van der Waals surface area contributed by atoms with Gasteiger partial charge in [0.25, 0.3) is 5.91 Å². The standard InChI is InChI=1S/C26H26BrNO/c1-26(2,3)23-11-7-8-12-24(23)28(19-21-9-5-4-6-10-21)25(29)18-15-20-13-16-22(27)17-14-20/h4-18H,19H2,1-3H3/b18-15+. The molecule has 0 radical (unpaired) electrons. The average molecular weight is 448 g/mol. The van der Waals surface area contributed by atoms with Gasteiger partial charge < -0.3 is 4.90 Å². The van der Waals surface area contributed by atoms with E-state index < -0.39 is 0 Å². The maximum atomic E-state index is 13.3. The molecule has 0 saturated heterocycles. The molecule has 3 aromatic rings. The molecule has 3 rings (SSSR count). The third-order valence-corrected chi connectivity index (χ3v) is 5.27. The highest BCUT2D eigenvalue weighted by atomic mass is 79.9. The molecule has 3 heteroatoms. The second kappa shape index (κ2) is 9.23. The highest BCUT2D eigenvalue weighted by molar-refractivity contribution is 9.10. The molecule has 2 nitrogen and oxygen atoms in total. The van der Waals surface area contributed by atoms with Crippen molar-refractivity contribution in [3.63, 3.8) is 0 Å². The number of amides is 1. The minimum Gasteiger partial charge on any atom is -0.304 e. The predicted octanol–water partition coefficient (Wildman–Crippen LogP) is 6.99. The Hall–Kier alpha value is -2.65. The molecular formula is C26H26BrNO. The highest BCUT2D eigenvalue weighted by Crippen LogP contribution is 2.33. The number of hydrogen-bond acceptors (Lipinski definition) is 1. The van der Waals surface area contributed by atoms with Crippen LogP contribution in [-0.4, -0.2) is 5.91 Å². The molecule has 0 atom stereocenters. The predicted molar refractivity (Wildman–Crippen MR) is 126 cm³/mol. The van der Waals surface area contributed by atoms with Gasteiger partial charge in [-0.1, -0.05) is 97.4 Å². The second-order valence-corrected chi connectivity index (χ2v) is 8.98. The van der Waals surface area contributed by atoms with E-state index in [1.807, 2.05) is 71.6 Å². The van der Waals surface area contributed by atoms with E-state index >= 15 is 0 Å². The number of carbonyl (C=O) groups excluding carboxylic acids is 1. The van der Waals surface area contributed by atoms with E-state index in [4.69, 9.17) is 0 Å². The lowest BCUT2D eigenvalue weighted by Gasteiger charge is -2.29. The fourth-order valence-electron chi connectivity index (χ4n) is 3.22. The van der Waals surface area contributed by atoms with Crippen LogP contribution < -0.4 is 4.90 Å². The van der Waals surface area contributed by atoms with Crippen molar-refractivity contribution >= 4 is 33.6 Å². The minimum absolute atomic E-state index is 0.0338. The Kier molecular flexibility index (Phi) is 6.71. The summed E-state index contributed by atoms with van der Waals surface area (Å²) in [5.41, 5.74) is 4.13. The van der Waals surface area contributed by atoms with Crippen LogP contribution in [0.2, 0.25) is 0 Å². The largest absolute Gasteiger partial charge is 0.304 e. The van der Waals surface area contributed by atoms with Gasteiger partial charge in [-0.2, -0.15) is 0 Å². The van der Waals surface area contributed by atoms with Crippen LogP contribution in [0.5, 0.6) is 0 Å². The van der Waals surface area contributed by atoms with Gasteiger partial charge >= 0.3 is 0 Å². The minimum atomic E-state index is -0.0682. The van der Waals surface area contributed by atoms with Gasteiger partial charge in [-0.15, -0.1) is 0 Å². The van der Waals surface area contributed by atoms with Crippen LogP contribution >= 0.6 is 15.9 Å². The number of anilines is 1. The summed E-state index contributed by atoms with van der Waals surface area (Å²) in [6.45, 7) is 7.05. The molecule has 0 aromatic heterocycles. The quantitative estimate of drug-likeness (QED) is 0.385. The molecule has 0 aliphatic carbocycles. The normalized spacial score (nSPS) is 11.6. The van der Waals surface area contributed by atoms with Gasteiger partial charge in [-0.25, -0.2) is 0 Å². The van der Waals surface area contributed by atoms with Gasteiger partial charge in [0.05, 0.1) is 6.54 Å². The summed E-state index contributed by atoms with van der Waals surface area (Å²) < 4.78 is 1.02. The van der Waals surface area contributed by atoms with Crippen molar-refractivity contribution in [1.82, 2.24) is 0 Å². The summed E-state index contributed by atoms with van der Waals surface area (Å²) in [6.07, 6.45) is 3.53. The maximum Gasteiger partial charge on any atom is 0.251 e. The van der Waals surface area contributed by atoms with E-state index in [0.29, 0.717) is 6.54 Å². The fourth-order valence-corrected chi connectivity index (χ4v) is 3.49. The van der Waals surface area contributed by atoms with Crippen molar-refractivity contribution in [3.8, 4) is 0 Å². The van der Waals surface area contributed by atoms with Crippen molar-refractivity contribution < 1.29 is 4.79 Å². The van der Waals surface area contributed by atoms with E-state index in [9.17, 15) is 4.79 Å². The topological polar surface area (TPSA) is 20.3 Å². The Morgan fingerprint density at radius 1 is 0.897 bits per heavy atom. The van der Waals surface area contributed by atoms with Gasteiger partial charge in [0, 0.05) is 16.2 Å². The van der Waals surface area contributed by atoms with Crippen LogP contribution in [0.4, 0.5) is 5.69 Å². The van der Waals surface area contributed by atoms with Gasteiger partial charge in [-0.3, -0.25) is 4.79 Å². The van der Waals surface area contributed by atoms with Gasteiger partial charge in [0.1, 0.15) is 0 Å². The first kappa shape index (κ1) is 21.1. The Bertz CT molecular complexity index is 985. The molecule has 0 bridgehead atoms. The molecule has 0 fully saturated rings. The van der Waals surface area contributed by atoms with Gasteiger partial charge in [0.2, 0.25) is 0 Å². The number of carbonyl (C=O) groups is 1. The summed E-state index contributed by atoms with van der Waals surface area (Å²) in [4.78, 5) is 15.2. The van der Waals surface area contributed by atoms with Crippen LogP contribution in [0.1, 0.15) is 37.5 Å². The Morgan fingerprint density at radius 3 is 2.17 bits per heavy atom. The molecule has 0 aliphatic heterocycles. The summed E-state index contributed by atoms with van der Waals surface area (Å²) >= 11 is 3.44. The molecule has 0 heterocycles. The summed E-state index contributed by atoms with van der Waals surface area (Å²) in [5.74, 6) is -0.0338. The lowest BCUT2D eigenvalue weighted by atomic mass is 9.85. The molecule has 148 valence electrons. The van der Waals surface area contributed by atoms with E-state index in [1.165, 1.54) is 0 Å². The van der Waals surface area contributed by atoms with Crippen molar-refractivity contribution in [2.75, 3.05) is 4.90 Å². The maximum absolute atomic E-state index is 13.3. The summed E-state index contributed by atoms with van der Waals surface area (Å²) in [5, 5.41) is 0. The average Bonchev–Trinajstić information content (AvgIpc) is 2.71. The Labute approximate surface area is 182 Å². The number of halogens is 1. The van der Waals surface area contributed by atoms with Crippen LogP contribution in [-0.2, 0) is 16.8 Å². The second-order valence-electron chi connectivity index (χ2n) is 8.06. The molecule has 29 heavy (non-hydrogen) atoms. The molecule has 0 saturated carbocycles. The molecule has 3 aromatic carbocycles. The van der Waals surface area contributed by atoms with Crippen LogP contribution in [0.15, 0.2) is 89.4 Å². The third-order valence-electron chi connectivity index (χ3n) is 4.74. The molecule has 0 aliphatic rings. The number of hydrogen-bond donors (Lipinski definition) is 0. The smallest absolute Gasteiger partial charge is 0.251 e. The number of para-hydroxylation sites is 1. The summed E-state index contributed by atoms with van der Waals surface area (Å²) in [7, 11) is 0. The van der Waals surface area contributed by atoms with Crippen molar-refractivity contribution in [1.29, 1.82) is 0 Å². The fraction of sp³-hybridized carbons (Fsp3) is 0.192. The highest BCUT2D eigenvalue weighted by Gasteiger charge is 2.23. The summed E-state index contributed by atoms with van der Waals surface area (Å²) in [6, 6.07) is 26.2. The molecule has 0 N–H and O–H groups in total. The first-order valence-electron chi connectivity index (χ1n) is 9.73. The number of benzene rings is 3.